The van der Waals surface area contributed by atoms with Crippen LogP contribution in [0.5, 0.6) is 0 Å². The molecule has 0 amide bonds. The molecule has 2 rings (SSSR count). The van der Waals surface area contributed by atoms with Gasteiger partial charge in [0.2, 0.25) is 0 Å². The molecule has 1 heteroatoms. The Morgan fingerprint density at radius 2 is 2.00 bits per heavy atom. The molecule has 1 nitrogen and oxygen atoms in total. The van der Waals surface area contributed by atoms with E-state index in [0.29, 0.717) is 0 Å². The summed E-state index contributed by atoms with van der Waals surface area (Å²) < 4.78 is 0. The molecule has 0 bridgehead atoms. The van der Waals surface area contributed by atoms with E-state index in [4.69, 9.17) is 0 Å². The van der Waals surface area contributed by atoms with Crippen LogP contribution in [0, 0.1) is 12.8 Å². The summed E-state index contributed by atoms with van der Waals surface area (Å²) in [7, 11) is 2.23. The van der Waals surface area contributed by atoms with Crippen LogP contribution in [-0.4, -0.2) is 25.0 Å². The lowest BCUT2D eigenvalue weighted by Crippen LogP contribution is -2.35. The number of hydrogen-bond donors (Lipinski definition) is 0. The first-order chi connectivity index (χ1) is 7.18. The van der Waals surface area contributed by atoms with E-state index in [1.165, 1.54) is 25.1 Å². The van der Waals surface area contributed by atoms with Crippen LogP contribution in [0.2, 0.25) is 0 Å². The summed E-state index contributed by atoms with van der Waals surface area (Å²) >= 11 is 0. The van der Waals surface area contributed by atoms with Gasteiger partial charge in [-0.3, -0.25) is 0 Å². The van der Waals surface area contributed by atoms with Crippen LogP contribution in [0.1, 0.15) is 30.4 Å². The predicted molar refractivity (Wildman–Crippen MR) is 65.2 cm³/mol. The van der Waals surface area contributed by atoms with Crippen molar-refractivity contribution in [1.82, 2.24) is 4.90 Å². The third-order valence-electron chi connectivity index (χ3n) is 3.70. The second-order valence-corrected chi connectivity index (χ2v) is 4.99. The maximum Gasteiger partial charge on any atom is 0.000982 e. The van der Waals surface area contributed by atoms with E-state index in [1.54, 1.807) is 5.56 Å². The Bertz CT molecular complexity index is 332. The summed E-state index contributed by atoms with van der Waals surface area (Å²) in [4.78, 5) is 2.44. The van der Waals surface area contributed by atoms with Gasteiger partial charge in [-0.25, -0.2) is 0 Å². The molecule has 0 aliphatic carbocycles. The number of nitrogens with zero attached hydrogens (tertiary/aromatic N) is 1. The normalized spacial score (nSPS) is 27.9. The lowest BCUT2D eigenvalue weighted by molar-refractivity contribution is 0.195. The van der Waals surface area contributed by atoms with Crippen LogP contribution >= 0.6 is 0 Å². The average Bonchev–Trinajstić information content (AvgIpc) is 2.20. The van der Waals surface area contributed by atoms with E-state index in [9.17, 15) is 0 Å². The van der Waals surface area contributed by atoms with Crippen LogP contribution in [0.4, 0.5) is 0 Å². The molecule has 1 aliphatic heterocycles. The Morgan fingerprint density at radius 3 is 2.67 bits per heavy atom. The van der Waals surface area contributed by atoms with Crippen molar-refractivity contribution in [2.45, 2.75) is 26.2 Å². The van der Waals surface area contributed by atoms with Gasteiger partial charge in [-0.15, -0.1) is 0 Å². The Kier molecular flexibility index (Phi) is 3.11. The fourth-order valence-corrected chi connectivity index (χ4v) is 2.82. The van der Waals surface area contributed by atoms with Crippen LogP contribution in [0.3, 0.4) is 0 Å². The van der Waals surface area contributed by atoms with Gasteiger partial charge in [-0.2, -0.15) is 0 Å². The van der Waals surface area contributed by atoms with Crippen LogP contribution in [-0.2, 0) is 0 Å². The maximum atomic E-state index is 2.44. The summed E-state index contributed by atoms with van der Waals surface area (Å²) in [6.45, 7) is 7.09. The lowest BCUT2D eigenvalue weighted by Gasteiger charge is -2.35. The van der Waals surface area contributed by atoms with Gasteiger partial charge in [-0.05, 0) is 49.9 Å². The molecular weight excluding hydrogens is 182 g/mol. The van der Waals surface area contributed by atoms with E-state index in [2.05, 4.69) is 50.1 Å². The molecular formula is C14H21N. The quantitative estimate of drug-likeness (QED) is 0.678. The zero-order valence-electron chi connectivity index (χ0n) is 10.0. The minimum Gasteiger partial charge on any atom is -0.306 e. The van der Waals surface area contributed by atoms with Gasteiger partial charge in [0.15, 0.2) is 0 Å². The molecule has 0 radical (unpaired) electrons. The minimum atomic E-state index is 0.766. The molecule has 1 saturated heterocycles. The minimum absolute atomic E-state index is 0.766. The van der Waals surface area contributed by atoms with Crippen molar-refractivity contribution in [2.75, 3.05) is 20.1 Å². The number of rotatable bonds is 1. The van der Waals surface area contributed by atoms with E-state index in [1.807, 2.05) is 0 Å². The van der Waals surface area contributed by atoms with Crippen molar-refractivity contribution in [1.29, 1.82) is 0 Å². The second kappa shape index (κ2) is 4.36. The molecule has 1 fully saturated rings. The van der Waals surface area contributed by atoms with Crippen molar-refractivity contribution in [3.63, 3.8) is 0 Å². The van der Waals surface area contributed by atoms with E-state index < -0.39 is 0 Å². The van der Waals surface area contributed by atoms with Crippen molar-refractivity contribution < 1.29 is 0 Å². The SMILES string of the molecule is Cc1ccccc1[C@@H]1CCN(C)C[C@@H]1C. The molecule has 0 aromatic heterocycles. The molecule has 15 heavy (non-hydrogen) atoms. The molecule has 0 spiro atoms. The largest absolute Gasteiger partial charge is 0.306 e. The number of aryl methyl sites for hydroxylation is 1. The molecule has 2 atom stereocenters. The third kappa shape index (κ3) is 2.23. The van der Waals surface area contributed by atoms with Gasteiger partial charge in [0.05, 0.1) is 0 Å². The molecule has 0 saturated carbocycles. The van der Waals surface area contributed by atoms with Gasteiger partial charge < -0.3 is 4.90 Å². The van der Waals surface area contributed by atoms with Crippen LogP contribution in [0.15, 0.2) is 24.3 Å². The number of benzene rings is 1. The Morgan fingerprint density at radius 1 is 1.27 bits per heavy atom. The van der Waals surface area contributed by atoms with Gasteiger partial charge in [-0.1, -0.05) is 31.2 Å². The number of hydrogen-bond acceptors (Lipinski definition) is 1. The number of piperidine rings is 1. The Balaban J connectivity index is 2.20. The van der Waals surface area contributed by atoms with Crippen molar-refractivity contribution in [3.8, 4) is 0 Å². The van der Waals surface area contributed by atoms with Crippen LogP contribution < -0.4 is 0 Å². The Labute approximate surface area is 93.1 Å². The van der Waals surface area contributed by atoms with E-state index in [-0.39, 0.29) is 0 Å². The molecule has 1 aromatic rings. The van der Waals surface area contributed by atoms with E-state index in [0.717, 1.165) is 11.8 Å². The summed E-state index contributed by atoms with van der Waals surface area (Å²) in [5.41, 5.74) is 3.03. The first-order valence-corrected chi connectivity index (χ1v) is 5.92. The number of likely N-dealkylation sites (tertiary alicyclic amines) is 1. The fraction of sp³-hybridized carbons (Fsp3) is 0.571. The highest BCUT2D eigenvalue weighted by molar-refractivity contribution is 5.30. The second-order valence-electron chi connectivity index (χ2n) is 4.99. The smallest absolute Gasteiger partial charge is 0.000982 e. The first kappa shape index (κ1) is 10.7. The molecule has 0 unspecified atom stereocenters. The van der Waals surface area contributed by atoms with Crippen molar-refractivity contribution >= 4 is 0 Å². The zero-order chi connectivity index (χ0) is 10.8. The maximum absolute atomic E-state index is 2.44. The fourth-order valence-electron chi connectivity index (χ4n) is 2.82. The topological polar surface area (TPSA) is 3.24 Å². The van der Waals surface area contributed by atoms with Gasteiger partial charge in [0.1, 0.15) is 0 Å². The zero-order valence-corrected chi connectivity index (χ0v) is 10.0. The monoisotopic (exact) mass is 203 g/mol. The summed E-state index contributed by atoms with van der Waals surface area (Å²) in [6.07, 6.45) is 1.31. The van der Waals surface area contributed by atoms with Gasteiger partial charge in [0, 0.05) is 6.54 Å². The highest BCUT2D eigenvalue weighted by Gasteiger charge is 2.26. The third-order valence-corrected chi connectivity index (χ3v) is 3.70. The van der Waals surface area contributed by atoms with Gasteiger partial charge >= 0.3 is 0 Å². The molecule has 1 heterocycles. The summed E-state index contributed by atoms with van der Waals surface area (Å²) in [5.74, 6) is 1.55. The standard InChI is InChI=1S/C14H21N/c1-11-6-4-5-7-13(11)14-8-9-15(3)10-12(14)2/h4-7,12,14H,8-10H2,1-3H3/t12-,14+/m0/s1. The van der Waals surface area contributed by atoms with E-state index >= 15 is 0 Å². The lowest BCUT2D eigenvalue weighted by atomic mass is 9.80. The first-order valence-electron chi connectivity index (χ1n) is 5.92. The van der Waals surface area contributed by atoms with Gasteiger partial charge in [0.25, 0.3) is 0 Å². The van der Waals surface area contributed by atoms with Crippen LogP contribution in [0.25, 0.3) is 0 Å². The summed E-state index contributed by atoms with van der Waals surface area (Å²) in [5, 5.41) is 0. The van der Waals surface area contributed by atoms with Crippen molar-refractivity contribution in [3.05, 3.63) is 35.4 Å². The molecule has 1 aromatic carbocycles. The Hall–Kier alpha value is -0.820. The highest BCUT2D eigenvalue weighted by atomic mass is 15.1. The molecule has 1 aliphatic rings. The predicted octanol–water partition coefficient (Wildman–Crippen LogP) is 3.05. The van der Waals surface area contributed by atoms with Crippen molar-refractivity contribution in [2.24, 2.45) is 5.92 Å². The molecule has 82 valence electrons. The molecule has 0 N–H and O–H groups in total. The summed E-state index contributed by atoms with van der Waals surface area (Å²) in [6, 6.07) is 8.86. The highest BCUT2D eigenvalue weighted by Crippen LogP contribution is 2.33. The average molecular weight is 203 g/mol.